The first-order valence-corrected chi connectivity index (χ1v) is 11.5. The number of nitrogens with zero attached hydrogens (tertiary/aromatic N) is 1. The second-order valence-corrected chi connectivity index (χ2v) is 8.10. The number of aromatic nitrogens is 1. The molecule has 0 saturated heterocycles. The average Bonchev–Trinajstić information content (AvgIpc) is 2.90. The monoisotopic (exact) mass is 504 g/mol. The molecular weight excluding hydrogens is 479 g/mol. The summed E-state index contributed by atoms with van der Waals surface area (Å²) in [5.74, 6) is -0.0365. The fourth-order valence-corrected chi connectivity index (χ4v) is 3.92. The molecule has 0 spiro atoms. The van der Waals surface area contributed by atoms with Gasteiger partial charge in [0.15, 0.2) is 5.78 Å². The molecule has 4 aromatic rings. The molecule has 1 amide bonds. The van der Waals surface area contributed by atoms with E-state index in [0.29, 0.717) is 35.1 Å². The third kappa shape index (κ3) is 5.61. The minimum absolute atomic E-state index is 0.149. The van der Waals surface area contributed by atoms with Crippen molar-refractivity contribution in [3.63, 3.8) is 0 Å². The van der Waals surface area contributed by atoms with Crippen LogP contribution in [-0.2, 0) is 11.3 Å². The summed E-state index contributed by atoms with van der Waals surface area (Å²) in [4.78, 5) is 39.6. The Morgan fingerprint density at radius 3 is 2.22 bits per heavy atom. The van der Waals surface area contributed by atoms with Crippen molar-refractivity contribution in [2.75, 3.05) is 26.1 Å². The van der Waals surface area contributed by atoms with Gasteiger partial charge in [-0.1, -0.05) is 0 Å². The van der Waals surface area contributed by atoms with Crippen LogP contribution in [0.1, 0.15) is 22.8 Å². The van der Waals surface area contributed by atoms with Gasteiger partial charge in [-0.25, -0.2) is 4.39 Å². The Morgan fingerprint density at radius 2 is 1.59 bits per heavy atom. The van der Waals surface area contributed by atoms with Crippen LogP contribution in [0.15, 0.2) is 71.7 Å². The molecule has 4 rings (SSSR count). The highest BCUT2D eigenvalue weighted by atomic mass is 19.1. The molecule has 0 aliphatic heterocycles. The summed E-state index contributed by atoms with van der Waals surface area (Å²) in [5.41, 5.74) is 0.386. The van der Waals surface area contributed by atoms with E-state index >= 15 is 0 Å². The molecule has 190 valence electrons. The Morgan fingerprint density at radius 1 is 0.919 bits per heavy atom. The van der Waals surface area contributed by atoms with Gasteiger partial charge in [0.1, 0.15) is 29.6 Å². The number of carbonyl (C=O) groups excluding carboxylic acids is 2. The molecule has 1 heterocycles. The molecule has 1 aromatic heterocycles. The third-order valence-corrected chi connectivity index (χ3v) is 5.66. The highest BCUT2D eigenvalue weighted by Crippen LogP contribution is 2.26. The van der Waals surface area contributed by atoms with Crippen LogP contribution in [0.3, 0.4) is 0 Å². The van der Waals surface area contributed by atoms with E-state index in [1.165, 1.54) is 37.1 Å². The van der Waals surface area contributed by atoms with Gasteiger partial charge in [0.2, 0.25) is 11.3 Å². The molecule has 0 unspecified atom stereocenters. The lowest BCUT2D eigenvalue weighted by atomic mass is 10.0. The highest BCUT2D eigenvalue weighted by molar-refractivity contribution is 6.10. The van der Waals surface area contributed by atoms with E-state index in [4.69, 9.17) is 14.2 Å². The van der Waals surface area contributed by atoms with E-state index < -0.39 is 22.9 Å². The molecule has 0 aliphatic carbocycles. The molecule has 9 heteroatoms. The van der Waals surface area contributed by atoms with Crippen LogP contribution in [0, 0.1) is 5.82 Å². The standard InChI is InChI=1S/C28H25FN2O6/c1-4-37-20-9-10-25-23(14-20)28(34)24(27(33)17-5-7-18(29)8-6-17)15-31(25)16-26(32)30-19-11-21(35-2)13-22(12-19)36-3/h5-15H,4,16H2,1-3H3,(H,30,32). The molecule has 0 bridgehead atoms. The Labute approximate surface area is 212 Å². The van der Waals surface area contributed by atoms with Gasteiger partial charge < -0.3 is 24.1 Å². The predicted molar refractivity (Wildman–Crippen MR) is 137 cm³/mol. The fraction of sp³-hybridized carbons (Fsp3) is 0.179. The number of ether oxygens (including phenoxy) is 3. The number of methoxy groups -OCH3 is 2. The SMILES string of the molecule is CCOc1ccc2c(c1)c(=O)c(C(=O)c1ccc(F)cc1)cn2CC(=O)Nc1cc(OC)cc(OC)c1. The molecule has 0 atom stereocenters. The van der Waals surface area contributed by atoms with Crippen LogP contribution in [0.25, 0.3) is 10.9 Å². The normalized spacial score (nSPS) is 10.7. The van der Waals surface area contributed by atoms with Gasteiger partial charge in [0.25, 0.3) is 0 Å². The number of hydrogen-bond acceptors (Lipinski definition) is 6. The first-order chi connectivity index (χ1) is 17.8. The van der Waals surface area contributed by atoms with Gasteiger partial charge >= 0.3 is 0 Å². The Balaban J connectivity index is 1.76. The zero-order chi connectivity index (χ0) is 26.5. The summed E-state index contributed by atoms with van der Waals surface area (Å²) in [6.45, 7) is 2.00. The summed E-state index contributed by atoms with van der Waals surface area (Å²) in [6, 6.07) is 14.8. The molecule has 37 heavy (non-hydrogen) atoms. The van der Waals surface area contributed by atoms with Crippen molar-refractivity contribution < 1.29 is 28.2 Å². The van der Waals surface area contributed by atoms with Crippen molar-refractivity contribution in [3.8, 4) is 17.2 Å². The van der Waals surface area contributed by atoms with E-state index in [1.54, 1.807) is 36.4 Å². The fourth-order valence-electron chi connectivity index (χ4n) is 3.92. The van der Waals surface area contributed by atoms with Crippen LogP contribution >= 0.6 is 0 Å². The van der Waals surface area contributed by atoms with Crippen LogP contribution in [-0.4, -0.2) is 37.1 Å². The molecule has 0 radical (unpaired) electrons. The number of nitrogens with one attached hydrogen (secondary N) is 1. The zero-order valence-electron chi connectivity index (χ0n) is 20.5. The smallest absolute Gasteiger partial charge is 0.244 e. The number of pyridine rings is 1. The van der Waals surface area contributed by atoms with Crippen LogP contribution < -0.4 is 25.0 Å². The van der Waals surface area contributed by atoms with Gasteiger partial charge in [0.05, 0.1) is 37.3 Å². The number of carbonyl (C=O) groups is 2. The number of amides is 1. The Hall–Kier alpha value is -4.66. The second kappa shape index (κ2) is 10.9. The average molecular weight is 505 g/mol. The van der Waals surface area contributed by atoms with Gasteiger partial charge in [-0.2, -0.15) is 0 Å². The minimum Gasteiger partial charge on any atom is -0.497 e. The van der Waals surface area contributed by atoms with Crippen molar-refractivity contribution in [2.24, 2.45) is 0 Å². The Bertz CT molecular complexity index is 1510. The van der Waals surface area contributed by atoms with Crippen molar-refractivity contribution in [2.45, 2.75) is 13.5 Å². The molecule has 0 fully saturated rings. The maximum absolute atomic E-state index is 13.4. The number of hydrogen-bond donors (Lipinski definition) is 1. The Kier molecular flexibility index (Phi) is 7.52. The van der Waals surface area contributed by atoms with Crippen molar-refractivity contribution in [1.29, 1.82) is 0 Å². The van der Waals surface area contributed by atoms with E-state index in [9.17, 15) is 18.8 Å². The van der Waals surface area contributed by atoms with Crippen LogP contribution in [0.4, 0.5) is 10.1 Å². The molecule has 0 saturated carbocycles. The third-order valence-electron chi connectivity index (χ3n) is 5.66. The lowest BCUT2D eigenvalue weighted by Crippen LogP contribution is -2.24. The molecular formula is C28H25FN2O6. The molecule has 3 aromatic carbocycles. The number of rotatable bonds is 9. The van der Waals surface area contributed by atoms with Gasteiger partial charge in [-0.15, -0.1) is 0 Å². The van der Waals surface area contributed by atoms with Crippen molar-refractivity contribution in [3.05, 3.63) is 94.0 Å². The summed E-state index contributed by atoms with van der Waals surface area (Å²) in [5, 5.41) is 3.01. The summed E-state index contributed by atoms with van der Waals surface area (Å²) < 4.78 is 30.9. The predicted octanol–water partition coefficient (Wildman–Crippen LogP) is 4.43. The van der Waals surface area contributed by atoms with Crippen molar-refractivity contribution >= 4 is 28.3 Å². The quantitative estimate of drug-likeness (QED) is 0.339. The lowest BCUT2D eigenvalue weighted by molar-refractivity contribution is -0.116. The maximum Gasteiger partial charge on any atom is 0.244 e. The lowest BCUT2D eigenvalue weighted by Gasteiger charge is -2.15. The molecule has 8 nitrogen and oxygen atoms in total. The molecule has 1 N–H and O–H groups in total. The maximum atomic E-state index is 13.4. The van der Waals surface area contributed by atoms with Gasteiger partial charge in [-0.3, -0.25) is 14.4 Å². The van der Waals surface area contributed by atoms with E-state index in [-0.39, 0.29) is 23.1 Å². The highest BCUT2D eigenvalue weighted by Gasteiger charge is 2.19. The number of halogens is 1. The minimum atomic E-state index is -0.583. The zero-order valence-corrected chi connectivity index (χ0v) is 20.5. The van der Waals surface area contributed by atoms with E-state index in [0.717, 1.165) is 12.1 Å². The number of benzene rings is 3. The summed E-state index contributed by atoms with van der Waals surface area (Å²) in [7, 11) is 3.01. The summed E-state index contributed by atoms with van der Waals surface area (Å²) in [6.07, 6.45) is 1.35. The van der Waals surface area contributed by atoms with Gasteiger partial charge in [-0.05, 0) is 49.4 Å². The number of ketones is 1. The van der Waals surface area contributed by atoms with Crippen LogP contribution in [0.5, 0.6) is 17.2 Å². The van der Waals surface area contributed by atoms with Gasteiger partial charge in [0, 0.05) is 35.6 Å². The number of fused-ring (bicyclic) bond motifs is 1. The first kappa shape index (κ1) is 25.4. The van der Waals surface area contributed by atoms with Crippen molar-refractivity contribution in [1.82, 2.24) is 4.57 Å². The first-order valence-electron chi connectivity index (χ1n) is 11.5. The second-order valence-electron chi connectivity index (χ2n) is 8.10. The topological polar surface area (TPSA) is 95.9 Å². The van der Waals surface area contributed by atoms with Crippen LogP contribution in [0.2, 0.25) is 0 Å². The van der Waals surface area contributed by atoms with E-state index in [1.807, 2.05) is 6.92 Å². The largest absolute Gasteiger partial charge is 0.497 e. The number of anilines is 1. The molecule has 0 aliphatic rings. The van der Waals surface area contributed by atoms with E-state index in [2.05, 4.69) is 5.32 Å². The summed E-state index contributed by atoms with van der Waals surface area (Å²) >= 11 is 0.